The lowest BCUT2D eigenvalue weighted by atomic mass is 10.2. The van der Waals surface area contributed by atoms with E-state index in [1.54, 1.807) is 10.9 Å². The Morgan fingerprint density at radius 1 is 1.38 bits per heavy atom. The molecule has 0 radical (unpaired) electrons. The summed E-state index contributed by atoms with van der Waals surface area (Å²) in [7, 11) is 1.81. The van der Waals surface area contributed by atoms with Gasteiger partial charge in [0, 0.05) is 32.9 Å². The summed E-state index contributed by atoms with van der Waals surface area (Å²) in [6.07, 6.45) is 0.258. The Hall–Kier alpha value is -1.77. The van der Waals surface area contributed by atoms with Crippen molar-refractivity contribution in [2.24, 2.45) is 7.05 Å². The number of alkyl halides is 3. The molecule has 0 spiro atoms. The molecule has 21 heavy (non-hydrogen) atoms. The molecule has 1 rings (SSSR count). The molecular weight excluding hydrogens is 289 g/mol. The predicted molar refractivity (Wildman–Crippen MR) is 69.8 cm³/mol. The lowest BCUT2D eigenvalue weighted by Crippen LogP contribution is -2.37. The van der Waals surface area contributed by atoms with Crippen LogP contribution in [0.4, 0.5) is 18.0 Å². The number of aromatic nitrogens is 2. The molecule has 0 atom stereocenters. The van der Waals surface area contributed by atoms with E-state index >= 15 is 0 Å². The average Bonchev–Trinajstić information content (AvgIpc) is 2.78. The fraction of sp³-hybridized carbons (Fsp3) is 0.667. The van der Waals surface area contributed by atoms with Crippen molar-refractivity contribution in [3.05, 3.63) is 18.0 Å². The highest BCUT2D eigenvalue weighted by Crippen LogP contribution is 2.14. The van der Waals surface area contributed by atoms with Crippen molar-refractivity contribution < 1.29 is 22.7 Å². The molecule has 0 unspecified atom stereocenters. The first-order chi connectivity index (χ1) is 9.87. The van der Waals surface area contributed by atoms with Gasteiger partial charge in [-0.05, 0) is 18.4 Å². The lowest BCUT2D eigenvalue weighted by molar-refractivity contribution is -0.173. The number of halogens is 3. The summed E-state index contributed by atoms with van der Waals surface area (Å²) in [5.74, 6) is 0. The molecule has 0 bridgehead atoms. The Morgan fingerprint density at radius 3 is 2.71 bits per heavy atom. The summed E-state index contributed by atoms with van der Waals surface area (Å²) in [6, 6.07) is -0.352. The SMILES string of the molecule is Cn1cc(CCNC(=O)NCCCOCC(F)(F)F)cn1. The maximum Gasteiger partial charge on any atom is 0.411 e. The van der Waals surface area contributed by atoms with E-state index in [2.05, 4.69) is 20.5 Å². The first-order valence-electron chi connectivity index (χ1n) is 6.50. The second kappa shape index (κ2) is 8.50. The van der Waals surface area contributed by atoms with Crippen LogP contribution < -0.4 is 10.6 Å². The van der Waals surface area contributed by atoms with Crippen molar-refractivity contribution in [1.82, 2.24) is 20.4 Å². The van der Waals surface area contributed by atoms with Crippen molar-refractivity contribution in [2.45, 2.75) is 19.0 Å². The molecule has 1 heterocycles. The number of nitrogens with one attached hydrogen (secondary N) is 2. The quantitative estimate of drug-likeness (QED) is 0.710. The van der Waals surface area contributed by atoms with Gasteiger partial charge in [-0.2, -0.15) is 18.3 Å². The Bertz CT molecular complexity index is 434. The largest absolute Gasteiger partial charge is 0.411 e. The van der Waals surface area contributed by atoms with Crippen LogP contribution in [0.15, 0.2) is 12.4 Å². The maximum absolute atomic E-state index is 11.8. The molecule has 120 valence electrons. The smallest absolute Gasteiger partial charge is 0.372 e. The number of hydrogen-bond acceptors (Lipinski definition) is 3. The molecule has 1 aromatic heterocycles. The van der Waals surface area contributed by atoms with Crippen LogP contribution >= 0.6 is 0 Å². The lowest BCUT2D eigenvalue weighted by Gasteiger charge is -2.09. The zero-order valence-corrected chi connectivity index (χ0v) is 11.7. The second-order valence-electron chi connectivity index (χ2n) is 4.48. The number of ether oxygens (including phenoxy) is 1. The van der Waals surface area contributed by atoms with Crippen LogP contribution in [0.2, 0.25) is 0 Å². The van der Waals surface area contributed by atoms with Crippen molar-refractivity contribution >= 4 is 6.03 Å². The molecule has 6 nitrogen and oxygen atoms in total. The van der Waals surface area contributed by atoms with Crippen LogP contribution in [-0.4, -0.2) is 48.3 Å². The molecular formula is C12H19F3N4O2. The highest BCUT2D eigenvalue weighted by atomic mass is 19.4. The van der Waals surface area contributed by atoms with E-state index < -0.39 is 12.8 Å². The summed E-state index contributed by atoms with van der Waals surface area (Å²) in [4.78, 5) is 11.4. The second-order valence-corrected chi connectivity index (χ2v) is 4.48. The van der Waals surface area contributed by atoms with Crippen LogP contribution in [0.3, 0.4) is 0 Å². The molecule has 0 aliphatic carbocycles. The van der Waals surface area contributed by atoms with Gasteiger partial charge >= 0.3 is 12.2 Å². The van der Waals surface area contributed by atoms with E-state index in [9.17, 15) is 18.0 Å². The van der Waals surface area contributed by atoms with Gasteiger partial charge < -0.3 is 15.4 Å². The van der Waals surface area contributed by atoms with E-state index in [0.717, 1.165) is 5.56 Å². The first-order valence-corrected chi connectivity index (χ1v) is 6.50. The minimum absolute atomic E-state index is 0.0462. The molecule has 0 aromatic carbocycles. The Kier molecular flexibility index (Phi) is 7.00. The summed E-state index contributed by atoms with van der Waals surface area (Å²) >= 11 is 0. The predicted octanol–water partition coefficient (Wildman–Crippen LogP) is 1.23. The molecule has 2 N–H and O–H groups in total. The van der Waals surface area contributed by atoms with Gasteiger partial charge in [0.1, 0.15) is 6.61 Å². The third-order valence-electron chi connectivity index (χ3n) is 2.47. The molecule has 0 aliphatic heterocycles. The average molecular weight is 308 g/mol. The van der Waals surface area contributed by atoms with Crippen molar-refractivity contribution in [3.8, 4) is 0 Å². The van der Waals surface area contributed by atoms with Crippen molar-refractivity contribution in [1.29, 1.82) is 0 Å². The van der Waals surface area contributed by atoms with Crippen molar-refractivity contribution in [2.75, 3.05) is 26.3 Å². The number of carbonyl (C=O) groups excluding carboxylic acids is 1. The zero-order valence-electron chi connectivity index (χ0n) is 11.7. The van der Waals surface area contributed by atoms with Crippen molar-refractivity contribution in [3.63, 3.8) is 0 Å². The Labute approximate surface area is 120 Å². The minimum Gasteiger partial charge on any atom is -0.372 e. The van der Waals surface area contributed by atoms with E-state index in [4.69, 9.17) is 0 Å². The van der Waals surface area contributed by atoms with E-state index in [1.165, 1.54) is 0 Å². The highest BCUT2D eigenvalue weighted by Gasteiger charge is 2.27. The van der Waals surface area contributed by atoms with Gasteiger partial charge in [0.15, 0.2) is 0 Å². The van der Waals surface area contributed by atoms with E-state index in [-0.39, 0.29) is 19.2 Å². The summed E-state index contributed by atoms with van der Waals surface area (Å²) in [5, 5.41) is 9.19. The minimum atomic E-state index is -4.31. The molecule has 9 heteroatoms. The van der Waals surface area contributed by atoms with Gasteiger partial charge in [-0.1, -0.05) is 0 Å². The van der Waals surface area contributed by atoms with Gasteiger partial charge in [-0.3, -0.25) is 4.68 Å². The van der Waals surface area contributed by atoms with E-state index in [0.29, 0.717) is 19.4 Å². The van der Waals surface area contributed by atoms with Gasteiger partial charge in [0.2, 0.25) is 0 Å². The van der Waals surface area contributed by atoms with Crippen LogP contribution in [0.1, 0.15) is 12.0 Å². The standard InChI is InChI=1S/C12H19F3N4O2/c1-19-8-10(7-18-19)3-5-17-11(20)16-4-2-6-21-9-12(13,14)15/h7-8H,2-6,9H2,1H3,(H2,16,17,20). The van der Waals surface area contributed by atoms with Gasteiger partial charge in [0.25, 0.3) is 0 Å². The topological polar surface area (TPSA) is 68.2 Å². The summed E-state index contributed by atoms with van der Waals surface area (Å²) in [5.41, 5.74) is 1.01. The third kappa shape index (κ3) is 8.90. The number of carbonyl (C=O) groups is 1. The number of hydrogen-bond donors (Lipinski definition) is 2. The van der Waals surface area contributed by atoms with Crippen LogP contribution in [0, 0.1) is 0 Å². The Balaban J connectivity index is 1.96. The molecule has 0 fully saturated rings. The number of rotatable bonds is 8. The normalized spacial score (nSPS) is 11.4. The zero-order chi connectivity index (χ0) is 15.7. The molecule has 0 aliphatic rings. The Morgan fingerprint density at radius 2 is 2.10 bits per heavy atom. The van der Waals surface area contributed by atoms with E-state index in [1.807, 2.05) is 13.2 Å². The third-order valence-corrected chi connectivity index (χ3v) is 2.47. The van der Waals surface area contributed by atoms with Crippen LogP contribution in [-0.2, 0) is 18.2 Å². The molecule has 0 saturated carbocycles. The number of aryl methyl sites for hydroxylation is 1. The molecule has 1 aromatic rings. The molecule has 0 saturated heterocycles. The number of amides is 2. The van der Waals surface area contributed by atoms with Gasteiger partial charge in [0.05, 0.1) is 6.20 Å². The number of urea groups is 1. The fourth-order valence-electron chi connectivity index (χ4n) is 1.55. The van der Waals surface area contributed by atoms with Gasteiger partial charge in [-0.15, -0.1) is 0 Å². The summed E-state index contributed by atoms with van der Waals surface area (Å²) < 4.78 is 41.4. The first kappa shape index (κ1) is 17.3. The van der Waals surface area contributed by atoms with Crippen LogP contribution in [0.5, 0.6) is 0 Å². The highest BCUT2D eigenvalue weighted by molar-refractivity contribution is 5.73. The molecule has 2 amide bonds. The van der Waals surface area contributed by atoms with Gasteiger partial charge in [-0.25, -0.2) is 4.79 Å². The summed E-state index contributed by atoms with van der Waals surface area (Å²) in [6.45, 7) is -0.585. The van der Waals surface area contributed by atoms with Crippen LogP contribution in [0.25, 0.3) is 0 Å². The number of nitrogens with zero attached hydrogens (tertiary/aromatic N) is 2. The maximum atomic E-state index is 11.8. The monoisotopic (exact) mass is 308 g/mol. The fourth-order valence-corrected chi connectivity index (χ4v) is 1.55.